The quantitative estimate of drug-likeness (QED) is 0.860. The van der Waals surface area contributed by atoms with Crippen molar-refractivity contribution in [2.75, 3.05) is 19.6 Å². The summed E-state index contributed by atoms with van der Waals surface area (Å²) in [6.07, 6.45) is 0.198. The van der Waals surface area contributed by atoms with Crippen LogP contribution in [0.5, 0.6) is 5.75 Å². The van der Waals surface area contributed by atoms with Gasteiger partial charge in [0.2, 0.25) is 0 Å². The lowest BCUT2D eigenvalue weighted by Gasteiger charge is -2.38. The molecule has 2 rings (SSSR count). The van der Waals surface area contributed by atoms with Crippen LogP contribution in [0.2, 0.25) is 0 Å². The first-order valence-electron chi connectivity index (χ1n) is 6.71. The van der Waals surface area contributed by atoms with Gasteiger partial charge in [-0.2, -0.15) is 0 Å². The molecular formula is C14H19BrN2O3. The molecule has 1 aromatic carbocycles. The standard InChI is InChI=1S/C14H19BrN2O3/c1-2-11(18)7-16-14(19)17-8-13(9-17)20-12-5-3-10(15)4-6-12/h3-6,11,13,18H,2,7-9H2,1H3,(H,16,19)/t11-/m0/s1. The average Bonchev–Trinajstić information content (AvgIpc) is 2.41. The molecule has 110 valence electrons. The SMILES string of the molecule is CC[C@H](O)CNC(=O)N1CC(Oc2ccc(Br)cc2)C1. The Bertz CT molecular complexity index is 446. The summed E-state index contributed by atoms with van der Waals surface area (Å²) in [7, 11) is 0. The van der Waals surface area contributed by atoms with Crippen molar-refractivity contribution in [3.05, 3.63) is 28.7 Å². The molecule has 2 amide bonds. The molecule has 0 aromatic heterocycles. The van der Waals surface area contributed by atoms with Crippen molar-refractivity contribution in [2.45, 2.75) is 25.6 Å². The van der Waals surface area contributed by atoms with Crippen LogP contribution in [0, 0.1) is 0 Å². The van der Waals surface area contributed by atoms with E-state index in [0.29, 0.717) is 26.1 Å². The van der Waals surface area contributed by atoms with Crippen LogP contribution in [0.25, 0.3) is 0 Å². The second-order valence-electron chi connectivity index (χ2n) is 4.85. The van der Waals surface area contributed by atoms with E-state index in [1.807, 2.05) is 31.2 Å². The van der Waals surface area contributed by atoms with Gasteiger partial charge < -0.3 is 20.1 Å². The van der Waals surface area contributed by atoms with E-state index in [1.165, 1.54) is 0 Å². The number of likely N-dealkylation sites (tertiary alicyclic amines) is 1. The van der Waals surface area contributed by atoms with Gasteiger partial charge in [0.15, 0.2) is 0 Å². The second-order valence-corrected chi connectivity index (χ2v) is 5.76. The molecule has 0 spiro atoms. The zero-order chi connectivity index (χ0) is 14.5. The van der Waals surface area contributed by atoms with Gasteiger partial charge in [-0.3, -0.25) is 0 Å². The van der Waals surface area contributed by atoms with Gasteiger partial charge in [0, 0.05) is 11.0 Å². The van der Waals surface area contributed by atoms with Gasteiger partial charge in [-0.25, -0.2) is 4.79 Å². The number of nitrogens with one attached hydrogen (secondary N) is 1. The smallest absolute Gasteiger partial charge is 0.317 e. The molecule has 2 N–H and O–H groups in total. The van der Waals surface area contributed by atoms with Crippen LogP contribution in [-0.2, 0) is 0 Å². The molecule has 0 radical (unpaired) electrons. The van der Waals surface area contributed by atoms with Crippen molar-refractivity contribution in [2.24, 2.45) is 0 Å². The number of hydrogen-bond donors (Lipinski definition) is 2. The lowest BCUT2D eigenvalue weighted by Crippen LogP contribution is -2.59. The zero-order valence-electron chi connectivity index (χ0n) is 11.4. The highest BCUT2D eigenvalue weighted by molar-refractivity contribution is 9.10. The maximum absolute atomic E-state index is 11.7. The Morgan fingerprint density at radius 3 is 2.75 bits per heavy atom. The monoisotopic (exact) mass is 342 g/mol. The van der Waals surface area contributed by atoms with Crippen molar-refractivity contribution < 1.29 is 14.6 Å². The van der Waals surface area contributed by atoms with Crippen molar-refractivity contribution >= 4 is 22.0 Å². The Morgan fingerprint density at radius 2 is 2.15 bits per heavy atom. The van der Waals surface area contributed by atoms with Crippen LogP contribution in [0.3, 0.4) is 0 Å². The summed E-state index contributed by atoms with van der Waals surface area (Å²) in [6, 6.07) is 7.48. The van der Waals surface area contributed by atoms with Gasteiger partial charge in [-0.05, 0) is 30.7 Å². The molecule has 1 saturated heterocycles. The van der Waals surface area contributed by atoms with Gasteiger partial charge in [-0.15, -0.1) is 0 Å². The lowest BCUT2D eigenvalue weighted by atomic mass is 10.2. The highest BCUT2D eigenvalue weighted by atomic mass is 79.9. The first-order chi connectivity index (χ1) is 9.58. The fraction of sp³-hybridized carbons (Fsp3) is 0.500. The van der Waals surface area contributed by atoms with E-state index in [2.05, 4.69) is 21.2 Å². The third kappa shape index (κ3) is 4.11. The van der Waals surface area contributed by atoms with E-state index in [4.69, 9.17) is 4.74 Å². The molecule has 6 heteroatoms. The Balaban J connectivity index is 1.69. The van der Waals surface area contributed by atoms with Gasteiger partial charge in [0.05, 0.1) is 19.2 Å². The van der Waals surface area contributed by atoms with E-state index in [9.17, 15) is 9.90 Å². The average molecular weight is 343 g/mol. The van der Waals surface area contributed by atoms with Gasteiger partial charge >= 0.3 is 6.03 Å². The summed E-state index contributed by atoms with van der Waals surface area (Å²) in [4.78, 5) is 13.4. The Labute approximate surface area is 127 Å². The number of urea groups is 1. The Hall–Kier alpha value is -1.27. The van der Waals surface area contributed by atoms with E-state index in [-0.39, 0.29) is 12.1 Å². The fourth-order valence-corrected chi connectivity index (χ4v) is 2.11. The van der Waals surface area contributed by atoms with Crippen molar-refractivity contribution in [1.29, 1.82) is 0 Å². The van der Waals surface area contributed by atoms with E-state index in [1.54, 1.807) is 4.90 Å². The summed E-state index contributed by atoms with van der Waals surface area (Å²) < 4.78 is 6.75. The van der Waals surface area contributed by atoms with Crippen LogP contribution in [0.15, 0.2) is 28.7 Å². The van der Waals surface area contributed by atoms with Crippen LogP contribution >= 0.6 is 15.9 Å². The van der Waals surface area contributed by atoms with Crippen LogP contribution in [0.1, 0.15) is 13.3 Å². The first-order valence-corrected chi connectivity index (χ1v) is 7.51. The molecule has 0 saturated carbocycles. The molecule has 1 atom stereocenters. The largest absolute Gasteiger partial charge is 0.487 e. The maximum atomic E-state index is 11.7. The fourth-order valence-electron chi connectivity index (χ4n) is 1.85. The molecule has 1 aromatic rings. The topological polar surface area (TPSA) is 61.8 Å². The van der Waals surface area contributed by atoms with Crippen LogP contribution in [-0.4, -0.2) is 47.9 Å². The summed E-state index contributed by atoms with van der Waals surface area (Å²) in [5.74, 6) is 0.805. The number of nitrogens with zero attached hydrogens (tertiary/aromatic N) is 1. The lowest BCUT2D eigenvalue weighted by molar-refractivity contribution is 0.0430. The number of carbonyl (C=O) groups is 1. The third-order valence-electron chi connectivity index (χ3n) is 3.21. The number of rotatable bonds is 5. The number of aliphatic hydroxyl groups is 1. The third-order valence-corrected chi connectivity index (χ3v) is 3.74. The summed E-state index contributed by atoms with van der Waals surface area (Å²) in [5, 5.41) is 12.1. The number of carbonyl (C=O) groups excluding carboxylic acids is 1. The summed E-state index contributed by atoms with van der Waals surface area (Å²) >= 11 is 3.37. The molecule has 1 aliphatic rings. The van der Waals surface area contributed by atoms with Crippen molar-refractivity contribution in [3.8, 4) is 5.75 Å². The van der Waals surface area contributed by atoms with E-state index >= 15 is 0 Å². The van der Waals surface area contributed by atoms with Crippen molar-refractivity contribution in [1.82, 2.24) is 10.2 Å². The number of aliphatic hydroxyl groups excluding tert-OH is 1. The number of benzene rings is 1. The molecule has 0 aliphatic carbocycles. The summed E-state index contributed by atoms with van der Waals surface area (Å²) in [5.41, 5.74) is 0. The van der Waals surface area contributed by atoms with Gasteiger partial charge in [0.25, 0.3) is 0 Å². The molecule has 1 heterocycles. The van der Waals surface area contributed by atoms with Crippen molar-refractivity contribution in [3.63, 3.8) is 0 Å². The molecule has 1 fully saturated rings. The first kappa shape index (κ1) is 15.1. The predicted molar refractivity (Wildman–Crippen MR) is 79.8 cm³/mol. The minimum Gasteiger partial charge on any atom is -0.487 e. The molecular weight excluding hydrogens is 324 g/mol. The number of amides is 2. The van der Waals surface area contributed by atoms with E-state index in [0.717, 1.165) is 10.2 Å². The molecule has 5 nitrogen and oxygen atoms in total. The Morgan fingerprint density at radius 1 is 1.50 bits per heavy atom. The second kappa shape index (κ2) is 6.95. The summed E-state index contributed by atoms with van der Waals surface area (Å²) in [6.45, 7) is 3.32. The molecule has 0 bridgehead atoms. The number of halogens is 1. The normalized spacial score (nSPS) is 16.4. The van der Waals surface area contributed by atoms with Gasteiger partial charge in [-0.1, -0.05) is 22.9 Å². The highest BCUT2D eigenvalue weighted by Crippen LogP contribution is 2.20. The number of hydrogen-bond acceptors (Lipinski definition) is 3. The minimum absolute atomic E-state index is 0.0398. The van der Waals surface area contributed by atoms with Gasteiger partial charge in [0.1, 0.15) is 11.9 Å². The minimum atomic E-state index is -0.477. The molecule has 0 unspecified atom stereocenters. The van der Waals surface area contributed by atoms with E-state index < -0.39 is 6.10 Å². The predicted octanol–water partition coefficient (Wildman–Crippen LogP) is 1.99. The van der Waals surface area contributed by atoms with Crippen LogP contribution < -0.4 is 10.1 Å². The van der Waals surface area contributed by atoms with Crippen LogP contribution in [0.4, 0.5) is 4.79 Å². The zero-order valence-corrected chi connectivity index (χ0v) is 13.0. The molecule has 1 aliphatic heterocycles. The Kier molecular flexibility index (Phi) is 5.25. The maximum Gasteiger partial charge on any atom is 0.317 e. The number of ether oxygens (including phenoxy) is 1. The highest BCUT2D eigenvalue weighted by Gasteiger charge is 2.32. The molecule has 20 heavy (non-hydrogen) atoms.